The number of hydrogen-bond acceptors (Lipinski definition) is 2. The molecule has 1 unspecified atom stereocenters. The summed E-state index contributed by atoms with van der Waals surface area (Å²) in [5.41, 5.74) is 1.69. The highest BCUT2D eigenvalue weighted by atomic mass is 35.5. The van der Waals surface area contributed by atoms with E-state index < -0.39 is 0 Å². The maximum absolute atomic E-state index is 13.4. The van der Waals surface area contributed by atoms with Crippen molar-refractivity contribution in [2.24, 2.45) is 0 Å². The molecule has 4 heteroatoms. The second-order valence-corrected chi connectivity index (χ2v) is 4.95. The molecule has 0 amide bonds. The highest BCUT2D eigenvalue weighted by Gasteiger charge is 2.18. The van der Waals surface area contributed by atoms with E-state index in [1.165, 1.54) is 12.1 Å². The lowest BCUT2D eigenvalue weighted by Crippen LogP contribution is -2.23. The van der Waals surface area contributed by atoms with Crippen LogP contribution in [0.15, 0.2) is 34.9 Å². The molecule has 0 bridgehead atoms. The predicted octanol–water partition coefficient (Wildman–Crippen LogP) is 4.47. The van der Waals surface area contributed by atoms with Crippen molar-refractivity contribution in [3.8, 4) is 0 Å². The quantitative estimate of drug-likeness (QED) is 0.875. The maximum atomic E-state index is 13.4. The number of halogens is 2. The van der Waals surface area contributed by atoms with Crippen LogP contribution in [0.1, 0.15) is 36.3 Å². The second kappa shape index (κ2) is 6.22. The van der Waals surface area contributed by atoms with Gasteiger partial charge in [0.05, 0.1) is 12.3 Å². The molecule has 0 aliphatic rings. The van der Waals surface area contributed by atoms with Gasteiger partial charge in [0.2, 0.25) is 0 Å². The van der Waals surface area contributed by atoms with E-state index in [0.29, 0.717) is 5.02 Å². The molecule has 1 atom stereocenters. The van der Waals surface area contributed by atoms with E-state index in [1.807, 2.05) is 13.0 Å². The summed E-state index contributed by atoms with van der Waals surface area (Å²) in [6, 6.07) is 6.20. The molecule has 1 N–H and O–H groups in total. The summed E-state index contributed by atoms with van der Waals surface area (Å²) in [6.07, 6.45) is 2.67. The van der Waals surface area contributed by atoms with Gasteiger partial charge >= 0.3 is 0 Å². The molecule has 1 heterocycles. The van der Waals surface area contributed by atoms with Crippen LogP contribution in [0.3, 0.4) is 0 Å². The molecule has 0 spiro atoms. The van der Waals surface area contributed by atoms with Crippen LogP contribution in [0.25, 0.3) is 0 Å². The van der Waals surface area contributed by atoms with E-state index in [9.17, 15) is 4.39 Å². The van der Waals surface area contributed by atoms with Gasteiger partial charge < -0.3 is 9.73 Å². The lowest BCUT2D eigenvalue weighted by molar-refractivity contribution is 0.523. The lowest BCUT2D eigenvalue weighted by Gasteiger charge is -2.19. The first kappa shape index (κ1) is 14.1. The molecule has 2 nitrogen and oxygen atoms in total. The third-order valence-corrected chi connectivity index (χ3v) is 3.30. The summed E-state index contributed by atoms with van der Waals surface area (Å²) in [4.78, 5) is 0. The van der Waals surface area contributed by atoms with Gasteiger partial charge in [-0.15, -0.1) is 0 Å². The van der Waals surface area contributed by atoms with Crippen molar-refractivity contribution in [2.45, 2.75) is 26.3 Å². The van der Waals surface area contributed by atoms with Gasteiger partial charge in [0.25, 0.3) is 0 Å². The normalized spacial score (nSPS) is 12.6. The summed E-state index contributed by atoms with van der Waals surface area (Å²) in [6.45, 7) is 4.78. The van der Waals surface area contributed by atoms with Gasteiger partial charge in [-0.2, -0.15) is 0 Å². The Morgan fingerprint density at radius 3 is 2.79 bits per heavy atom. The van der Waals surface area contributed by atoms with Crippen LogP contribution in [0, 0.1) is 12.7 Å². The van der Waals surface area contributed by atoms with Crippen LogP contribution in [0.4, 0.5) is 4.39 Å². The van der Waals surface area contributed by atoms with Crippen LogP contribution in [-0.2, 0) is 0 Å². The Kier molecular flexibility index (Phi) is 4.61. The van der Waals surface area contributed by atoms with E-state index >= 15 is 0 Å². The van der Waals surface area contributed by atoms with Crippen molar-refractivity contribution in [3.05, 3.63) is 58.3 Å². The highest BCUT2D eigenvalue weighted by Crippen LogP contribution is 2.30. The maximum Gasteiger partial charge on any atom is 0.123 e. The molecular formula is C15H17ClFNO. The predicted molar refractivity (Wildman–Crippen MR) is 75.0 cm³/mol. The van der Waals surface area contributed by atoms with Crippen molar-refractivity contribution >= 4 is 11.6 Å². The molecule has 0 saturated heterocycles. The Morgan fingerprint density at radius 2 is 2.16 bits per heavy atom. The zero-order chi connectivity index (χ0) is 13.8. The third kappa shape index (κ3) is 3.37. The van der Waals surface area contributed by atoms with Crippen molar-refractivity contribution in [1.82, 2.24) is 5.32 Å². The number of furan rings is 1. The molecule has 102 valence electrons. The first-order valence-corrected chi connectivity index (χ1v) is 6.73. The van der Waals surface area contributed by atoms with Crippen LogP contribution in [-0.4, -0.2) is 6.54 Å². The van der Waals surface area contributed by atoms with E-state index in [1.54, 1.807) is 12.3 Å². The number of aryl methyl sites for hydroxylation is 1. The molecule has 2 aromatic rings. The van der Waals surface area contributed by atoms with Gasteiger partial charge in [0.1, 0.15) is 11.6 Å². The number of benzene rings is 1. The van der Waals surface area contributed by atoms with E-state index in [-0.39, 0.29) is 11.9 Å². The molecule has 0 aliphatic carbocycles. The summed E-state index contributed by atoms with van der Waals surface area (Å²) < 4.78 is 18.8. The molecule has 19 heavy (non-hydrogen) atoms. The van der Waals surface area contributed by atoms with E-state index in [4.69, 9.17) is 16.0 Å². The average Bonchev–Trinajstić information content (AvgIpc) is 2.80. The number of hydrogen-bond donors (Lipinski definition) is 1. The van der Waals surface area contributed by atoms with Crippen molar-refractivity contribution < 1.29 is 8.81 Å². The standard InChI is InChI=1S/C15H17ClFNO/c1-3-6-18-15(11-7-10(2)19-9-11)13-8-12(17)4-5-14(13)16/h4-5,7-9,15,18H,3,6H2,1-2H3. The molecular weight excluding hydrogens is 265 g/mol. The van der Waals surface area contributed by atoms with Crippen LogP contribution < -0.4 is 5.32 Å². The molecule has 0 saturated carbocycles. The zero-order valence-electron chi connectivity index (χ0n) is 11.0. The minimum Gasteiger partial charge on any atom is -0.469 e. The second-order valence-electron chi connectivity index (χ2n) is 4.54. The van der Waals surface area contributed by atoms with Crippen LogP contribution in [0.5, 0.6) is 0 Å². The fourth-order valence-electron chi connectivity index (χ4n) is 2.05. The summed E-state index contributed by atoms with van der Waals surface area (Å²) in [5.74, 6) is 0.536. The largest absolute Gasteiger partial charge is 0.469 e. The summed E-state index contributed by atoms with van der Waals surface area (Å²) >= 11 is 6.19. The van der Waals surface area contributed by atoms with Crippen LogP contribution >= 0.6 is 11.6 Å². The van der Waals surface area contributed by atoms with Gasteiger partial charge in [0.15, 0.2) is 0 Å². The van der Waals surface area contributed by atoms with Gasteiger partial charge in [-0.3, -0.25) is 0 Å². The first-order chi connectivity index (χ1) is 9.11. The third-order valence-electron chi connectivity index (χ3n) is 2.95. The summed E-state index contributed by atoms with van der Waals surface area (Å²) in [7, 11) is 0. The number of nitrogens with one attached hydrogen (secondary N) is 1. The Hall–Kier alpha value is -1.32. The van der Waals surface area contributed by atoms with Gasteiger partial charge in [0, 0.05) is 10.6 Å². The van der Waals surface area contributed by atoms with Gasteiger partial charge in [-0.05, 0) is 49.7 Å². The fourth-order valence-corrected chi connectivity index (χ4v) is 2.27. The molecule has 0 radical (unpaired) electrons. The van der Waals surface area contributed by atoms with Crippen molar-refractivity contribution in [1.29, 1.82) is 0 Å². The minimum atomic E-state index is -0.289. The van der Waals surface area contributed by atoms with Crippen molar-refractivity contribution in [3.63, 3.8) is 0 Å². The molecule has 1 aromatic carbocycles. The lowest BCUT2D eigenvalue weighted by atomic mass is 10.0. The Morgan fingerprint density at radius 1 is 1.37 bits per heavy atom. The fraction of sp³-hybridized carbons (Fsp3) is 0.333. The smallest absolute Gasteiger partial charge is 0.123 e. The molecule has 2 rings (SSSR count). The molecule has 1 aromatic heterocycles. The van der Waals surface area contributed by atoms with E-state index in [2.05, 4.69) is 12.2 Å². The Balaban J connectivity index is 2.39. The average molecular weight is 282 g/mol. The highest BCUT2D eigenvalue weighted by molar-refractivity contribution is 6.31. The first-order valence-electron chi connectivity index (χ1n) is 6.35. The molecule has 0 fully saturated rings. The monoisotopic (exact) mass is 281 g/mol. The summed E-state index contributed by atoms with van der Waals surface area (Å²) in [5, 5.41) is 3.92. The van der Waals surface area contributed by atoms with E-state index in [0.717, 1.165) is 29.9 Å². The Bertz CT molecular complexity index is 553. The van der Waals surface area contributed by atoms with Crippen molar-refractivity contribution in [2.75, 3.05) is 6.54 Å². The van der Waals surface area contributed by atoms with Gasteiger partial charge in [-0.1, -0.05) is 18.5 Å². The van der Waals surface area contributed by atoms with Crippen LogP contribution in [0.2, 0.25) is 5.02 Å². The SMILES string of the molecule is CCCNC(c1coc(C)c1)c1cc(F)ccc1Cl. The Labute approximate surface area is 117 Å². The minimum absolute atomic E-state index is 0.152. The topological polar surface area (TPSA) is 25.2 Å². The number of rotatable bonds is 5. The molecule has 0 aliphatic heterocycles. The van der Waals surface area contributed by atoms with Gasteiger partial charge in [-0.25, -0.2) is 4.39 Å². The zero-order valence-corrected chi connectivity index (χ0v) is 11.8.